The quantitative estimate of drug-likeness (QED) is 0.793. The Labute approximate surface area is 129 Å². The molecule has 0 aliphatic rings. The molecular formula is C14H13FIN3O. The van der Waals surface area contributed by atoms with E-state index in [9.17, 15) is 9.18 Å². The zero-order chi connectivity index (χ0) is 14.5. The highest BCUT2D eigenvalue weighted by Crippen LogP contribution is 2.17. The monoisotopic (exact) mass is 385 g/mol. The predicted molar refractivity (Wildman–Crippen MR) is 85.5 cm³/mol. The van der Waals surface area contributed by atoms with Crippen molar-refractivity contribution >= 4 is 40.0 Å². The van der Waals surface area contributed by atoms with Gasteiger partial charge in [-0.2, -0.15) is 0 Å². The minimum absolute atomic E-state index is 0.186. The van der Waals surface area contributed by atoms with Crippen molar-refractivity contribution in [2.75, 3.05) is 17.2 Å². The molecule has 1 aromatic heterocycles. The number of pyridine rings is 1. The van der Waals surface area contributed by atoms with Crippen molar-refractivity contribution in [3.63, 3.8) is 0 Å². The molecule has 1 amide bonds. The Kier molecular flexibility index (Phi) is 4.89. The van der Waals surface area contributed by atoms with Gasteiger partial charge in [0.1, 0.15) is 11.6 Å². The first-order chi connectivity index (χ1) is 9.60. The summed E-state index contributed by atoms with van der Waals surface area (Å²) in [5.74, 6) is -0.563. The van der Waals surface area contributed by atoms with E-state index in [0.717, 1.165) is 9.77 Å². The molecule has 2 rings (SSSR count). The third kappa shape index (κ3) is 3.66. The number of hydrogen-bond donors (Lipinski definition) is 2. The van der Waals surface area contributed by atoms with Gasteiger partial charge in [0.05, 0.1) is 11.8 Å². The zero-order valence-electron chi connectivity index (χ0n) is 10.8. The third-order valence-electron chi connectivity index (χ3n) is 2.53. The second-order valence-corrected chi connectivity index (χ2v) is 5.29. The summed E-state index contributed by atoms with van der Waals surface area (Å²) in [4.78, 5) is 16.1. The highest BCUT2D eigenvalue weighted by atomic mass is 127. The van der Waals surface area contributed by atoms with Gasteiger partial charge in [-0.3, -0.25) is 4.79 Å². The summed E-state index contributed by atoms with van der Waals surface area (Å²) < 4.78 is 14.3. The Balaban J connectivity index is 2.26. The van der Waals surface area contributed by atoms with Gasteiger partial charge in [0, 0.05) is 15.8 Å². The molecule has 0 bridgehead atoms. The molecule has 1 aromatic carbocycles. The van der Waals surface area contributed by atoms with Crippen LogP contribution in [-0.2, 0) is 0 Å². The molecular weight excluding hydrogens is 372 g/mol. The molecule has 4 nitrogen and oxygen atoms in total. The second-order valence-electron chi connectivity index (χ2n) is 4.04. The first-order valence-corrected chi connectivity index (χ1v) is 7.14. The van der Waals surface area contributed by atoms with Gasteiger partial charge in [-0.25, -0.2) is 9.37 Å². The average molecular weight is 385 g/mol. The fraction of sp³-hybridized carbons (Fsp3) is 0.143. The van der Waals surface area contributed by atoms with Crippen LogP contribution >= 0.6 is 22.6 Å². The number of amides is 1. The van der Waals surface area contributed by atoms with Gasteiger partial charge in [-0.15, -0.1) is 0 Å². The predicted octanol–water partition coefficient (Wildman–Crippen LogP) is 3.51. The second kappa shape index (κ2) is 6.65. The van der Waals surface area contributed by atoms with Crippen LogP contribution in [0.3, 0.4) is 0 Å². The number of aromatic nitrogens is 1. The fourth-order valence-corrected chi connectivity index (χ4v) is 2.23. The Morgan fingerprint density at radius 1 is 1.40 bits per heavy atom. The molecule has 0 aliphatic carbocycles. The molecule has 0 fully saturated rings. The Morgan fingerprint density at radius 2 is 2.20 bits per heavy atom. The molecule has 1 heterocycles. The summed E-state index contributed by atoms with van der Waals surface area (Å²) in [5.41, 5.74) is 0.847. The minimum Gasteiger partial charge on any atom is -0.370 e. The van der Waals surface area contributed by atoms with Crippen LogP contribution in [0.1, 0.15) is 17.3 Å². The van der Waals surface area contributed by atoms with E-state index in [0.29, 0.717) is 18.1 Å². The van der Waals surface area contributed by atoms with Crippen LogP contribution < -0.4 is 10.6 Å². The van der Waals surface area contributed by atoms with E-state index in [4.69, 9.17) is 0 Å². The fourth-order valence-electron chi connectivity index (χ4n) is 1.69. The largest absolute Gasteiger partial charge is 0.370 e. The van der Waals surface area contributed by atoms with Gasteiger partial charge in [-0.05, 0) is 53.8 Å². The van der Waals surface area contributed by atoms with Crippen molar-refractivity contribution in [2.45, 2.75) is 6.92 Å². The van der Waals surface area contributed by atoms with Crippen molar-refractivity contribution in [2.24, 2.45) is 0 Å². The number of anilines is 2. The number of rotatable bonds is 4. The molecule has 2 aromatic rings. The highest BCUT2D eigenvalue weighted by molar-refractivity contribution is 14.1. The standard InChI is InChI=1S/C14H13FIN3O/c1-2-17-13-12(6-9(15)8-18-13)14(20)19-11-5-3-4-10(16)7-11/h3-8H,2H2,1H3,(H,17,18)(H,19,20). The van der Waals surface area contributed by atoms with Crippen molar-refractivity contribution in [1.29, 1.82) is 0 Å². The molecule has 0 unspecified atom stereocenters. The number of nitrogens with one attached hydrogen (secondary N) is 2. The van der Waals surface area contributed by atoms with Crippen LogP contribution in [0.15, 0.2) is 36.5 Å². The Bertz CT molecular complexity index is 634. The van der Waals surface area contributed by atoms with Crippen molar-refractivity contribution in [3.05, 3.63) is 51.5 Å². The van der Waals surface area contributed by atoms with Crippen LogP contribution in [0.4, 0.5) is 15.9 Å². The summed E-state index contributed by atoms with van der Waals surface area (Å²) in [7, 11) is 0. The van der Waals surface area contributed by atoms with Gasteiger partial charge in [0.2, 0.25) is 0 Å². The lowest BCUT2D eigenvalue weighted by Crippen LogP contribution is -2.16. The van der Waals surface area contributed by atoms with Crippen LogP contribution in [0.25, 0.3) is 0 Å². The zero-order valence-corrected chi connectivity index (χ0v) is 12.9. The molecule has 0 spiro atoms. The van der Waals surface area contributed by atoms with Crippen LogP contribution in [0.2, 0.25) is 0 Å². The van der Waals surface area contributed by atoms with E-state index in [-0.39, 0.29) is 5.56 Å². The molecule has 0 atom stereocenters. The highest BCUT2D eigenvalue weighted by Gasteiger charge is 2.14. The van der Waals surface area contributed by atoms with E-state index in [1.165, 1.54) is 6.07 Å². The number of benzene rings is 1. The summed E-state index contributed by atoms with van der Waals surface area (Å²) in [6, 6.07) is 8.54. The third-order valence-corrected chi connectivity index (χ3v) is 3.20. The molecule has 0 saturated carbocycles. The lowest BCUT2D eigenvalue weighted by molar-refractivity contribution is 0.102. The molecule has 104 valence electrons. The van der Waals surface area contributed by atoms with E-state index in [1.807, 2.05) is 25.1 Å². The smallest absolute Gasteiger partial charge is 0.259 e. The number of halogens is 2. The summed E-state index contributed by atoms with van der Waals surface area (Å²) >= 11 is 2.16. The van der Waals surface area contributed by atoms with Gasteiger partial charge in [-0.1, -0.05) is 6.07 Å². The Hall–Kier alpha value is -1.70. The van der Waals surface area contributed by atoms with Gasteiger partial charge in [0.25, 0.3) is 5.91 Å². The summed E-state index contributed by atoms with van der Waals surface area (Å²) in [5, 5.41) is 5.68. The maximum absolute atomic E-state index is 13.3. The SMILES string of the molecule is CCNc1ncc(F)cc1C(=O)Nc1cccc(I)c1. The first-order valence-electron chi connectivity index (χ1n) is 6.06. The Morgan fingerprint density at radius 3 is 2.90 bits per heavy atom. The lowest BCUT2D eigenvalue weighted by Gasteiger charge is -2.10. The lowest BCUT2D eigenvalue weighted by atomic mass is 10.2. The van der Waals surface area contributed by atoms with Crippen molar-refractivity contribution in [1.82, 2.24) is 4.98 Å². The molecule has 2 N–H and O–H groups in total. The topological polar surface area (TPSA) is 54.0 Å². The number of nitrogens with zero attached hydrogens (tertiary/aromatic N) is 1. The molecule has 20 heavy (non-hydrogen) atoms. The van der Waals surface area contributed by atoms with E-state index in [1.54, 1.807) is 6.07 Å². The number of carbonyl (C=O) groups is 1. The summed E-state index contributed by atoms with van der Waals surface area (Å²) in [6.07, 6.45) is 1.08. The minimum atomic E-state index is -0.542. The van der Waals surface area contributed by atoms with Crippen molar-refractivity contribution < 1.29 is 9.18 Å². The summed E-state index contributed by atoms with van der Waals surface area (Å²) in [6.45, 7) is 2.48. The number of hydrogen-bond acceptors (Lipinski definition) is 3. The molecule has 0 saturated heterocycles. The first kappa shape index (κ1) is 14.7. The maximum atomic E-state index is 13.3. The van der Waals surface area contributed by atoms with Crippen LogP contribution in [-0.4, -0.2) is 17.4 Å². The van der Waals surface area contributed by atoms with Gasteiger partial charge >= 0.3 is 0 Å². The van der Waals surface area contributed by atoms with Crippen molar-refractivity contribution in [3.8, 4) is 0 Å². The van der Waals surface area contributed by atoms with E-state index in [2.05, 4.69) is 38.2 Å². The van der Waals surface area contributed by atoms with Gasteiger partial charge < -0.3 is 10.6 Å². The molecule has 0 aliphatic heterocycles. The molecule has 0 radical (unpaired) electrons. The average Bonchev–Trinajstić information content (AvgIpc) is 2.41. The number of carbonyl (C=O) groups excluding carboxylic acids is 1. The normalized spacial score (nSPS) is 10.2. The van der Waals surface area contributed by atoms with E-state index >= 15 is 0 Å². The van der Waals surface area contributed by atoms with Crippen LogP contribution in [0, 0.1) is 9.39 Å². The van der Waals surface area contributed by atoms with Gasteiger partial charge in [0.15, 0.2) is 0 Å². The van der Waals surface area contributed by atoms with E-state index < -0.39 is 11.7 Å². The molecule has 6 heteroatoms. The van der Waals surface area contributed by atoms with Crippen LogP contribution in [0.5, 0.6) is 0 Å². The maximum Gasteiger partial charge on any atom is 0.259 e.